The standard InChI is InChI=1S/C17H12ClF2N3O2/c18-15-11(9-1-2-12-13(5-9)25-8-24-12)3-4-23-14(21-22-16(15)23)6-10-7-17(10,19)20/h1-5,10H,6-8H2. The number of fused-ring (bicyclic) bond motifs is 2. The van der Waals surface area contributed by atoms with Gasteiger partial charge in [-0.05, 0) is 23.8 Å². The summed E-state index contributed by atoms with van der Waals surface area (Å²) in [5.41, 5.74) is 2.08. The van der Waals surface area contributed by atoms with Crippen molar-refractivity contribution in [1.29, 1.82) is 0 Å². The summed E-state index contributed by atoms with van der Waals surface area (Å²) in [7, 11) is 0. The monoisotopic (exact) mass is 363 g/mol. The van der Waals surface area contributed by atoms with E-state index in [1.807, 2.05) is 24.3 Å². The highest BCUT2D eigenvalue weighted by molar-refractivity contribution is 6.36. The van der Waals surface area contributed by atoms with Crippen LogP contribution < -0.4 is 9.47 Å². The van der Waals surface area contributed by atoms with Gasteiger partial charge in [0, 0.05) is 30.5 Å². The van der Waals surface area contributed by atoms with Gasteiger partial charge in [0.1, 0.15) is 5.82 Å². The van der Waals surface area contributed by atoms with Crippen LogP contribution in [0, 0.1) is 5.92 Å². The molecule has 25 heavy (non-hydrogen) atoms. The number of halogens is 3. The number of rotatable bonds is 3. The quantitative estimate of drug-likeness (QED) is 0.706. The minimum Gasteiger partial charge on any atom is -0.454 e. The third kappa shape index (κ3) is 2.33. The molecule has 3 heterocycles. The summed E-state index contributed by atoms with van der Waals surface area (Å²) in [5.74, 6) is -1.40. The molecular formula is C17H12ClF2N3O2. The van der Waals surface area contributed by atoms with Gasteiger partial charge in [-0.2, -0.15) is 0 Å². The van der Waals surface area contributed by atoms with Gasteiger partial charge in [0.2, 0.25) is 6.79 Å². The highest BCUT2D eigenvalue weighted by Gasteiger charge is 2.56. The van der Waals surface area contributed by atoms with Gasteiger partial charge in [-0.25, -0.2) is 8.78 Å². The Morgan fingerprint density at radius 2 is 2.00 bits per heavy atom. The van der Waals surface area contributed by atoms with Crippen molar-refractivity contribution in [2.45, 2.75) is 18.8 Å². The van der Waals surface area contributed by atoms with Gasteiger partial charge >= 0.3 is 0 Å². The maximum absolute atomic E-state index is 13.2. The van der Waals surface area contributed by atoms with E-state index in [1.165, 1.54) is 0 Å². The minimum atomic E-state index is -2.58. The highest BCUT2D eigenvalue weighted by atomic mass is 35.5. The van der Waals surface area contributed by atoms with Crippen LogP contribution in [0.25, 0.3) is 16.8 Å². The molecule has 3 aromatic rings. The fraction of sp³-hybridized carbons (Fsp3) is 0.294. The number of aromatic nitrogens is 3. The molecule has 128 valence electrons. The molecule has 1 atom stereocenters. The molecule has 1 aliphatic carbocycles. The Kier molecular flexibility index (Phi) is 3.01. The Morgan fingerprint density at radius 3 is 2.80 bits per heavy atom. The van der Waals surface area contributed by atoms with Crippen molar-refractivity contribution in [3.05, 3.63) is 41.3 Å². The van der Waals surface area contributed by atoms with E-state index in [4.69, 9.17) is 21.1 Å². The smallest absolute Gasteiger partial charge is 0.252 e. The van der Waals surface area contributed by atoms with Gasteiger partial charge in [0.25, 0.3) is 5.92 Å². The molecule has 5 nitrogen and oxygen atoms in total. The van der Waals surface area contributed by atoms with Gasteiger partial charge in [-0.1, -0.05) is 17.7 Å². The number of ether oxygens (including phenoxy) is 2. The Morgan fingerprint density at radius 1 is 1.20 bits per heavy atom. The summed E-state index contributed by atoms with van der Waals surface area (Å²) in [5, 5.41) is 8.55. The molecule has 1 aromatic carbocycles. The van der Waals surface area contributed by atoms with E-state index in [1.54, 1.807) is 10.6 Å². The third-order valence-corrected chi connectivity index (χ3v) is 5.03. The van der Waals surface area contributed by atoms with Crippen molar-refractivity contribution in [2.75, 3.05) is 6.79 Å². The zero-order chi connectivity index (χ0) is 17.2. The molecule has 0 N–H and O–H groups in total. The summed E-state index contributed by atoms with van der Waals surface area (Å²) in [6.07, 6.45) is 1.86. The number of benzene rings is 1. The van der Waals surface area contributed by atoms with Gasteiger partial charge in [0.05, 0.1) is 5.02 Å². The lowest BCUT2D eigenvalue weighted by molar-refractivity contribution is 0.0984. The molecule has 1 aliphatic heterocycles. The zero-order valence-corrected chi connectivity index (χ0v) is 13.6. The van der Waals surface area contributed by atoms with Crippen molar-refractivity contribution >= 4 is 17.2 Å². The van der Waals surface area contributed by atoms with Crippen molar-refractivity contribution in [1.82, 2.24) is 14.6 Å². The van der Waals surface area contributed by atoms with Crippen LogP contribution in [0.15, 0.2) is 30.5 Å². The lowest BCUT2D eigenvalue weighted by Gasteiger charge is -2.07. The zero-order valence-electron chi connectivity index (χ0n) is 12.9. The molecule has 0 radical (unpaired) electrons. The molecule has 2 aliphatic rings. The molecule has 0 bridgehead atoms. The number of alkyl halides is 2. The number of nitrogens with zero attached hydrogens (tertiary/aromatic N) is 3. The fourth-order valence-corrected chi connectivity index (χ4v) is 3.41. The number of hydrogen-bond acceptors (Lipinski definition) is 4. The molecule has 1 fully saturated rings. The first-order valence-corrected chi connectivity index (χ1v) is 8.21. The SMILES string of the molecule is FC1(F)CC1Cc1nnc2c(Cl)c(-c3ccc4c(c3)OCO4)ccn12. The topological polar surface area (TPSA) is 48.7 Å². The van der Waals surface area contributed by atoms with Crippen molar-refractivity contribution in [3.8, 4) is 22.6 Å². The average Bonchev–Trinajstić information content (AvgIpc) is 2.98. The van der Waals surface area contributed by atoms with Crippen LogP contribution in [0.1, 0.15) is 12.2 Å². The summed E-state index contributed by atoms with van der Waals surface area (Å²) in [4.78, 5) is 0. The Hall–Kier alpha value is -2.41. The van der Waals surface area contributed by atoms with Crippen LogP contribution in [-0.2, 0) is 6.42 Å². The first-order valence-electron chi connectivity index (χ1n) is 7.83. The van der Waals surface area contributed by atoms with Gasteiger partial charge in [0.15, 0.2) is 17.1 Å². The first-order chi connectivity index (χ1) is 12.0. The minimum absolute atomic E-state index is 0.0923. The summed E-state index contributed by atoms with van der Waals surface area (Å²) < 4.78 is 38.7. The Balaban J connectivity index is 1.54. The highest BCUT2D eigenvalue weighted by Crippen LogP contribution is 2.50. The second kappa shape index (κ2) is 5.05. The van der Waals surface area contributed by atoms with Gasteiger partial charge in [-0.15, -0.1) is 10.2 Å². The van der Waals surface area contributed by atoms with Crippen molar-refractivity contribution in [3.63, 3.8) is 0 Å². The second-order valence-electron chi connectivity index (χ2n) is 6.29. The molecular weight excluding hydrogens is 352 g/mol. The average molecular weight is 364 g/mol. The van der Waals surface area contributed by atoms with E-state index in [9.17, 15) is 8.78 Å². The molecule has 0 saturated heterocycles. The largest absolute Gasteiger partial charge is 0.454 e. The Labute approximate surface area is 146 Å². The van der Waals surface area contributed by atoms with E-state index in [2.05, 4.69) is 10.2 Å². The number of hydrogen-bond donors (Lipinski definition) is 0. The molecule has 0 amide bonds. The Bertz CT molecular complexity index is 1000. The van der Waals surface area contributed by atoms with Crippen molar-refractivity contribution in [2.24, 2.45) is 5.92 Å². The van der Waals surface area contributed by atoms with Crippen LogP contribution in [-0.4, -0.2) is 27.3 Å². The summed E-state index contributed by atoms with van der Waals surface area (Å²) >= 11 is 6.51. The van der Waals surface area contributed by atoms with Crippen LogP contribution in [0.5, 0.6) is 11.5 Å². The normalized spacial score (nSPS) is 20.2. The van der Waals surface area contributed by atoms with Gasteiger partial charge < -0.3 is 9.47 Å². The van der Waals surface area contributed by atoms with E-state index in [0.717, 1.165) is 11.1 Å². The maximum atomic E-state index is 13.2. The van der Waals surface area contributed by atoms with Crippen LogP contribution in [0.4, 0.5) is 8.78 Å². The van der Waals surface area contributed by atoms with Gasteiger partial charge in [-0.3, -0.25) is 4.40 Å². The maximum Gasteiger partial charge on any atom is 0.252 e. The van der Waals surface area contributed by atoms with E-state index >= 15 is 0 Å². The summed E-state index contributed by atoms with van der Waals surface area (Å²) in [6, 6.07) is 7.38. The lowest BCUT2D eigenvalue weighted by Crippen LogP contribution is -2.02. The predicted molar refractivity (Wildman–Crippen MR) is 86.3 cm³/mol. The lowest BCUT2D eigenvalue weighted by atomic mass is 10.1. The summed E-state index contributed by atoms with van der Waals surface area (Å²) in [6.45, 7) is 0.199. The molecule has 8 heteroatoms. The molecule has 0 spiro atoms. The van der Waals surface area contributed by atoms with E-state index in [-0.39, 0.29) is 19.6 Å². The first kappa shape index (κ1) is 14.9. The molecule has 1 unspecified atom stereocenters. The molecule has 2 aromatic heterocycles. The molecule has 1 saturated carbocycles. The van der Waals surface area contributed by atoms with E-state index < -0.39 is 11.8 Å². The third-order valence-electron chi connectivity index (χ3n) is 4.66. The van der Waals surface area contributed by atoms with Crippen LogP contribution in [0.3, 0.4) is 0 Å². The van der Waals surface area contributed by atoms with E-state index in [0.29, 0.717) is 28.0 Å². The van der Waals surface area contributed by atoms with Crippen LogP contribution in [0.2, 0.25) is 5.02 Å². The predicted octanol–water partition coefficient (Wildman–Crippen LogP) is 3.98. The number of pyridine rings is 1. The van der Waals surface area contributed by atoms with Crippen LogP contribution >= 0.6 is 11.6 Å². The fourth-order valence-electron chi connectivity index (χ4n) is 3.11. The second-order valence-corrected chi connectivity index (χ2v) is 6.67. The van der Waals surface area contributed by atoms with Crippen molar-refractivity contribution < 1.29 is 18.3 Å². The molecule has 5 rings (SSSR count).